The first-order valence-corrected chi connectivity index (χ1v) is 11.6. The van der Waals surface area contributed by atoms with Gasteiger partial charge in [-0.2, -0.15) is 0 Å². The number of pyridine rings is 1. The van der Waals surface area contributed by atoms with E-state index in [1.807, 2.05) is 40.7 Å². The zero-order chi connectivity index (χ0) is 23.9. The SMILES string of the molecule is Cc1cc2nc(NC(C)c3cncc(F)c3)nc(C(=O)N3CC(NC(=O)C(C)(C)C)C3)c2s1. The minimum absolute atomic E-state index is 0.0368. The van der Waals surface area contributed by atoms with Gasteiger partial charge >= 0.3 is 0 Å². The third-order valence-corrected chi connectivity index (χ3v) is 6.50. The Balaban J connectivity index is 1.54. The highest BCUT2D eigenvalue weighted by Gasteiger charge is 2.36. The first kappa shape index (κ1) is 23.0. The highest BCUT2D eigenvalue weighted by molar-refractivity contribution is 7.19. The Hall–Kier alpha value is -3.14. The number of hydrogen-bond donors (Lipinski definition) is 2. The van der Waals surface area contributed by atoms with Crippen LogP contribution in [0.5, 0.6) is 0 Å². The fraction of sp³-hybridized carbons (Fsp3) is 0.435. The zero-order valence-electron chi connectivity index (χ0n) is 19.3. The lowest BCUT2D eigenvalue weighted by molar-refractivity contribution is -0.130. The number of amides is 2. The second-order valence-corrected chi connectivity index (χ2v) is 10.7. The monoisotopic (exact) mass is 470 g/mol. The normalized spacial score (nSPS) is 15.3. The van der Waals surface area contributed by atoms with Crippen LogP contribution in [-0.4, -0.2) is 50.8 Å². The van der Waals surface area contributed by atoms with Crippen LogP contribution < -0.4 is 10.6 Å². The number of carbonyl (C=O) groups excluding carboxylic acids is 2. The number of hydrogen-bond acceptors (Lipinski definition) is 7. The minimum Gasteiger partial charge on any atom is -0.349 e. The van der Waals surface area contributed by atoms with Crippen molar-refractivity contribution in [3.05, 3.63) is 46.5 Å². The molecule has 1 aliphatic heterocycles. The van der Waals surface area contributed by atoms with E-state index in [0.717, 1.165) is 15.8 Å². The Labute approximate surface area is 195 Å². The zero-order valence-corrected chi connectivity index (χ0v) is 20.1. The summed E-state index contributed by atoms with van der Waals surface area (Å²) in [5.74, 6) is -0.370. The van der Waals surface area contributed by atoms with Crippen LogP contribution in [0.2, 0.25) is 0 Å². The molecular formula is C23H27FN6O2S. The maximum Gasteiger partial charge on any atom is 0.274 e. The number of aromatic nitrogens is 3. The van der Waals surface area contributed by atoms with E-state index < -0.39 is 11.2 Å². The number of aryl methyl sites for hydroxylation is 1. The van der Waals surface area contributed by atoms with Crippen molar-refractivity contribution in [3.8, 4) is 0 Å². The molecule has 0 bridgehead atoms. The Bertz CT molecular complexity index is 1220. The molecule has 0 radical (unpaired) electrons. The predicted octanol–water partition coefficient (Wildman–Crippen LogP) is 3.69. The summed E-state index contributed by atoms with van der Waals surface area (Å²) in [7, 11) is 0. The van der Waals surface area contributed by atoms with Gasteiger partial charge in [0, 0.05) is 29.6 Å². The fourth-order valence-corrected chi connectivity index (χ4v) is 4.42. The van der Waals surface area contributed by atoms with Crippen LogP contribution in [-0.2, 0) is 4.79 Å². The number of nitrogens with zero attached hydrogens (tertiary/aromatic N) is 4. The molecule has 0 spiro atoms. The van der Waals surface area contributed by atoms with Gasteiger partial charge in [0.05, 0.1) is 28.5 Å². The summed E-state index contributed by atoms with van der Waals surface area (Å²) in [5.41, 5.74) is 1.17. The van der Waals surface area contributed by atoms with E-state index in [2.05, 4.69) is 25.6 Å². The van der Waals surface area contributed by atoms with E-state index in [1.54, 1.807) is 11.1 Å². The molecule has 2 N–H and O–H groups in total. The van der Waals surface area contributed by atoms with Crippen LogP contribution >= 0.6 is 11.3 Å². The number of halogens is 1. The summed E-state index contributed by atoms with van der Waals surface area (Å²) in [6.07, 6.45) is 2.72. The second-order valence-electron chi connectivity index (χ2n) is 9.40. The Morgan fingerprint density at radius 1 is 1.21 bits per heavy atom. The van der Waals surface area contributed by atoms with Crippen molar-refractivity contribution >= 4 is 39.3 Å². The lowest BCUT2D eigenvalue weighted by atomic mass is 9.94. The number of nitrogens with one attached hydrogen (secondary N) is 2. The van der Waals surface area contributed by atoms with Gasteiger partial charge in [-0.3, -0.25) is 14.6 Å². The first-order chi connectivity index (χ1) is 15.5. The summed E-state index contributed by atoms with van der Waals surface area (Å²) in [5, 5.41) is 6.14. The van der Waals surface area contributed by atoms with Crippen LogP contribution in [0.4, 0.5) is 10.3 Å². The molecule has 3 aromatic heterocycles. The lowest BCUT2D eigenvalue weighted by Gasteiger charge is -2.40. The van der Waals surface area contributed by atoms with Gasteiger partial charge in [0.15, 0.2) is 5.69 Å². The molecular weight excluding hydrogens is 443 g/mol. The summed E-state index contributed by atoms with van der Waals surface area (Å²) >= 11 is 1.47. The molecule has 0 saturated carbocycles. The number of anilines is 1. The average Bonchev–Trinajstić information content (AvgIpc) is 3.08. The standard InChI is InChI=1S/C23H27FN6O2S/c1-12-6-17-19(33-12)18(20(31)30-10-16(11-30)27-21(32)23(3,4)5)29-22(28-17)26-13(2)14-7-15(24)9-25-8-14/h6-9,13,16H,10-11H2,1-5H3,(H,27,32)(H,26,28,29). The van der Waals surface area contributed by atoms with Crippen molar-refractivity contribution in [2.75, 3.05) is 18.4 Å². The smallest absolute Gasteiger partial charge is 0.274 e. The van der Waals surface area contributed by atoms with Gasteiger partial charge in [-0.15, -0.1) is 11.3 Å². The quantitative estimate of drug-likeness (QED) is 0.590. The van der Waals surface area contributed by atoms with Gasteiger partial charge in [0.2, 0.25) is 11.9 Å². The highest BCUT2D eigenvalue weighted by atomic mass is 32.1. The lowest BCUT2D eigenvalue weighted by Crippen LogP contribution is -2.62. The van der Waals surface area contributed by atoms with Crippen molar-refractivity contribution < 1.29 is 14.0 Å². The molecule has 2 amide bonds. The highest BCUT2D eigenvalue weighted by Crippen LogP contribution is 2.30. The van der Waals surface area contributed by atoms with Gasteiger partial charge < -0.3 is 15.5 Å². The first-order valence-electron chi connectivity index (χ1n) is 10.8. The topological polar surface area (TPSA) is 100 Å². The molecule has 1 aliphatic rings. The molecule has 174 valence electrons. The van der Waals surface area contributed by atoms with Crippen molar-refractivity contribution in [2.24, 2.45) is 5.41 Å². The predicted molar refractivity (Wildman–Crippen MR) is 126 cm³/mol. The maximum absolute atomic E-state index is 13.6. The van der Waals surface area contributed by atoms with Crippen molar-refractivity contribution in [1.82, 2.24) is 25.2 Å². The molecule has 3 aromatic rings. The van der Waals surface area contributed by atoms with E-state index in [9.17, 15) is 14.0 Å². The summed E-state index contributed by atoms with van der Waals surface area (Å²) in [6.45, 7) is 10.2. The maximum atomic E-state index is 13.6. The van der Waals surface area contributed by atoms with Gasteiger partial charge in [-0.25, -0.2) is 14.4 Å². The second kappa shape index (κ2) is 8.66. The van der Waals surface area contributed by atoms with Crippen molar-refractivity contribution in [3.63, 3.8) is 0 Å². The minimum atomic E-state index is -0.480. The molecule has 4 rings (SSSR count). The summed E-state index contributed by atoms with van der Waals surface area (Å²) in [6, 6.07) is 2.94. The molecule has 10 heteroatoms. The molecule has 0 aliphatic carbocycles. The summed E-state index contributed by atoms with van der Waals surface area (Å²) in [4.78, 5) is 41.1. The molecule has 1 fully saturated rings. The Morgan fingerprint density at radius 2 is 1.94 bits per heavy atom. The van der Waals surface area contributed by atoms with Crippen molar-refractivity contribution in [2.45, 2.75) is 46.7 Å². The van der Waals surface area contributed by atoms with E-state index in [0.29, 0.717) is 35.8 Å². The number of fused-ring (bicyclic) bond motifs is 1. The van der Waals surface area contributed by atoms with E-state index in [4.69, 9.17) is 0 Å². The average molecular weight is 471 g/mol. The molecule has 0 aromatic carbocycles. The van der Waals surface area contributed by atoms with Crippen LogP contribution in [0, 0.1) is 18.2 Å². The van der Waals surface area contributed by atoms with E-state index in [1.165, 1.54) is 17.4 Å². The van der Waals surface area contributed by atoms with Crippen LogP contribution in [0.15, 0.2) is 24.5 Å². The van der Waals surface area contributed by atoms with Gasteiger partial charge in [-0.1, -0.05) is 20.8 Å². The van der Waals surface area contributed by atoms with Gasteiger partial charge in [0.1, 0.15) is 5.82 Å². The third kappa shape index (κ3) is 4.95. The van der Waals surface area contributed by atoms with Crippen LogP contribution in [0.1, 0.15) is 54.7 Å². The molecule has 8 nitrogen and oxygen atoms in total. The van der Waals surface area contributed by atoms with Crippen molar-refractivity contribution in [1.29, 1.82) is 0 Å². The Kier molecular flexibility index (Phi) is 6.04. The number of thiophene rings is 1. The molecule has 33 heavy (non-hydrogen) atoms. The van der Waals surface area contributed by atoms with Gasteiger partial charge in [0.25, 0.3) is 5.91 Å². The molecule has 4 heterocycles. The van der Waals surface area contributed by atoms with Crippen LogP contribution in [0.3, 0.4) is 0 Å². The number of carbonyl (C=O) groups is 2. The third-order valence-electron chi connectivity index (χ3n) is 5.45. The molecule has 1 unspecified atom stereocenters. The van der Waals surface area contributed by atoms with Crippen LogP contribution in [0.25, 0.3) is 10.2 Å². The largest absolute Gasteiger partial charge is 0.349 e. The number of rotatable bonds is 5. The Morgan fingerprint density at radius 3 is 2.61 bits per heavy atom. The summed E-state index contributed by atoms with van der Waals surface area (Å²) < 4.78 is 14.3. The molecule has 1 saturated heterocycles. The van der Waals surface area contributed by atoms with Gasteiger partial charge in [-0.05, 0) is 31.5 Å². The van der Waals surface area contributed by atoms with E-state index >= 15 is 0 Å². The van der Waals surface area contributed by atoms with E-state index in [-0.39, 0.29) is 23.9 Å². The number of likely N-dealkylation sites (tertiary alicyclic amines) is 1. The molecule has 1 atom stereocenters. The fourth-order valence-electron chi connectivity index (χ4n) is 3.49.